The molecule has 1 amide bonds. The first-order chi connectivity index (χ1) is 12.7. The molecule has 0 fully saturated rings. The lowest BCUT2D eigenvalue weighted by molar-refractivity contribution is -0.120. The third-order valence-electron chi connectivity index (χ3n) is 4.23. The fourth-order valence-corrected chi connectivity index (χ4v) is 2.75. The van der Waals surface area contributed by atoms with E-state index in [-0.39, 0.29) is 5.91 Å². The predicted molar refractivity (Wildman–Crippen MR) is 101 cm³/mol. The van der Waals surface area contributed by atoms with Gasteiger partial charge in [-0.1, -0.05) is 19.1 Å². The number of carbonyl (C=O) groups is 1. The smallest absolute Gasteiger partial charge is 0.224 e. The van der Waals surface area contributed by atoms with Crippen LogP contribution in [-0.2, 0) is 17.6 Å². The van der Waals surface area contributed by atoms with Crippen LogP contribution in [0.15, 0.2) is 53.1 Å². The molecule has 136 valence electrons. The number of fused-ring (bicyclic) bond motifs is 1. The van der Waals surface area contributed by atoms with Crippen molar-refractivity contribution in [2.24, 2.45) is 0 Å². The molecule has 5 nitrogen and oxygen atoms in total. The van der Waals surface area contributed by atoms with Crippen molar-refractivity contribution in [3.05, 3.63) is 59.9 Å². The Labute approximate surface area is 152 Å². The van der Waals surface area contributed by atoms with Crippen LogP contribution in [0.3, 0.4) is 0 Å². The number of amides is 1. The molecule has 0 spiro atoms. The van der Waals surface area contributed by atoms with E-state index >= 15 is 0 Å². The lowest BCUT2D eigenvalue weighted by Gasteiger charge is -2.08. The van der Waals surface area contributed by atoms with E-state index in [2.05, 4.69) is 18.3 Å². The van der Waals surface area contributed by atoms with Gasteiger partial charge >= 0.3 is 0 Å². The zero-order valence-corrected chi connectivity index (χ0v) is 15.1. The normalized spacial score (nSPS) is 10.7. The van der Waals surface area contributed by atoms with Gasteiger partial charge in [-0.05, 0) is 42.3 Å². The molecule has 1 heterocycles. The quantitative estimate of drug-likeness (QED) is 0.627. The Kier molecular flexibility index (Phi) is 5.79. The van der Waals surface area contributed by atoms with Crippen molar-refractivity contribution >= 4 is 16.9 Å². The standard InChI is InChI=1S/C21H23NO4/c1-3-15-4-9-19-16(14-26-20(19)12-15)13-21(23)22-10-11-25-18-7-5-17(24-2)6-8-18/h4-9,12,14H,3,10-11,13H2,1-2H3,(H,22,23). The van der Waals surface area contributed by atoms with Crippen molar-refractivity contribution in [2.45, 2.75) is 19.8 Å². The second kappa shape index (κ2) is 8.43. The number of furan rings is 1. The van der Waals surface area contributed by atoms with Crippen LogP contribution >= 0.6 is 0 Å². The second-order valence-electron chi connectivity index (χ2n) is 6.00. The lowest BCUT2D eigenvalue weighted by atomic mass is 10.1. The largest absolute Gasteiger partial charge is 0.497 e. The molecule has 3 aromatic rings. The maximum Gasteiger partial charge on any atom is 0.224 e. The minimum Gasteiger partial charge on any atom is -0.497 e. The minimum absolute atomic E-state index is 0.0504. The number of rotatable bonds is 8. The van der Waals surface area contributed by atoms with Crippen LogP contribution in [-0.4, -0.2) is 26.2 Å². The molecule has 0 atom stereocenters. The minimum atomic E-state index is -0.0504. The average molecular weight is 353 g/mol. The van der Waals surface area contributed by atoms with Crippen molar-refractivity contribution < 1.29 is 18.7 Å². The van der Waals surface area contributed by atoms with Crippen molar-refractivity contribution in [1.82, 2.24) is 5.32 Å². The highest BCUT2D eigenvalue weighted by molar-refractivity contribution is 5.87. The molecule has 0 bridgehead atoms. The van der Waals surface area contributed by atoms with Crippen LogP contribution in [0.25, 0.3) is 11.0 Å². The molecule has 3 rings (SSSR count). The van der Waals surface area contributed by atoms with E-state index in [0.717, 1.165) is 34.5 Å². The summed E-state index contributed by atoms with van der Waals surface area (Å²) in [5.74, 6) is 1.47. The molecule has 0 radical (unpaired) electrons. The first-order valence-electron chi connectivity index (χ1n) is 8.72. The van der Waals surface area contributed by atoms with E-state index in [1.54, 1.807) is 13.4 Å². The van der Waals surface area contributed by atoms with Gasteiger partial charge in [-0.3, -0.25) is 4.79 Å². The van der Waals surface area contributed by atoms with Gasteiger partial charge in [0.2, 0.25) is 5.91 Å². The molecule has 1 N–H and O–H groups in total. The third-order valence-corrected chi connectivity index (χ3v) is 4.23. The van der Waals surface area contributed by atoms with E-state index in [0.29, 0.717) is 19.6 Å². The molecule has 5 heteroatoms. The number of nitrogens with one attached hydrogen (secondary N) is 1. The summed E-state index contributed by atoms with van der Waals surface area (Å²) in [6.07, 6.45) is 2.92. The van der Waals surface area contributed by atoms with Gasteiger partial charge in [0, 0.05) is 10.9 Å². The van der Waals surface area contributed by atoms with Crippen LogP contribution in [0.5, 0.6) is 11.5 Å². The maximum absolute atomic E-state index is 12.1. The topological polar surface area (TPSA) is 60.7 Å². The summed E-state index contributed by atoms with van der Waals surface area (Å²) >= 11 is 0. The van der Waals surface area contributed by atoms with Gasteiger partial charge in [0.15, 0.2) is 0 Å². The van der Waals surface area contributed by atoms with Gasteiger partial charge in [0.1, 0.15) is 23.7 Å². The first kappa shape index (κ1) is 17.9. The number of hydrogen-bond donors (Lipinski definition) is 1. The number of ether oxygens (including phenoxy) is 2. The van der Waals surface area contributed by atoms with Gasteiger partial charge in [0.25, 0.3) is 0 Å². The maximum atomic E-state index is 12.1. The number of hydrogen-bond acceptors (Lipinski definition) is 4. The molecule has 1 aromatic heterocycles. The van der Waals surface area contributed by atoms with Gasteiger partial charge in [0.05, 0.1) is 26.3 Å². The molecular weight excluding hydrogens is 330 g/mol. The highest BCUT2D eigenvalue weighted by atomic mass is 16.5. The Morgan fingerprint density at radius 3 is 2.62 bits per heavy atom. The zero-order valence-electron chi connectivity index (χ0n) is 15.1. The summed E-state index contributed by atoms with van der Waals surface area (Å²) < 4.78 is 16.3. The number of aryl methyl sites for hydroxylation is 1. The van der Waals surface area contributed by atoms with Crippen LogP contribution in [0.1, 0.15) is 18.1 Å². The van der Waals surface area contributed by atoms with Crippen molar-refractivity contribution in [3.63, 3.8) is 0 Å². The van der Waals surface area contributed by atoms with E-state index in [9.17, 15) is 4.79 Å². The van der Waals surface area contributed by atoms with Crippen molar-refractivity contribution in [1.29, 1.82) is 0 Å². The Morgan fingerprint density at radius 1 is 1.12 bits per heavy atom. The second-order valence-corrected chi connectivity index (χ2v) is 6.00. The Balaban J connectivity index is 1.46. The number of carbonyl (C=O) groups excluding carboxylic acids is 1. The van der Waals surface area contributed by atoms with Crippen LogP contribution in [0, 0.1) is 0 Å². The molecule has 0 unspecified atom stereocenters. The van der Waals surface area contributed by atoms with Gasteiger partial charge in [-0.2, -0.15) is 0 Å². The van der Waals surface area contributed by atoms with E-state index in [1.165, 1.54) is 5.56 Å². The zero-order chi connectivity index (χ0) is 18.4. The van der Waals surface area contributed by atoms with Crippen LogP contribution < -0.4 is 14.8 Å². The lowest BCUT2D eigenvalue weighted by Crippen LogP contribution is -2.29. The predicted octanol–water partition coefficient (Wildman–Crippen LogP) is 3.74. The van der Waals surface area contributed by atoms with Gasteiger partial charge in [-0.15, -0.1) is 0 Å². The molecule has 2 aromatic carbocycles. The molecule has 0 aliphatic rings. The monoisotopic (exact) mass is 353 g/mol. The Bertz CT molecular complexity index is 867. The van der Waals surface area contributed by atoms with E-state index in [1.807, 2.05) is 36.4 Å². The van der Waals surface area contributed by atoms with Crippen molar-refractivity contribution in [2.75, 3.05) is 20.3 Å². The summed E-state index contributed by atoms with van der Waals surface area (Å²) in [6, 6.07) is 13.5. The highest BCUT2D eigenvalue weighted by Crippen LogP contribution is 2.23. The van der Waals surface area contributed by atoms with Crippen LogP contribution in [0.2, 0.25) is 0 Å². The fraction of sp³-hybridized carbons (Fsp3) is 0.286. The van der Waals surface area contributed by atoms with E-state index in [4.69, 9.17) is 13.9 Å². The molecule has 0 saturated heterocycles. The number of methoxy groups -OCH3 is 1. The third kappa shape index (κ3) is 4.36. The molecule has 0 aliphatic carbocycles. The first-order valence-corrected chi connectivity index (χ1v) is 8.72. The average Bonchev–Trinajstić information content (AvgIpc) is 3.07. The molecule has 0 aliphatic heterocycles. The summed E-state index contributed by atoms with van der Waals surface area (Å²) in [6.45, 7) is 2.96. The van der Waals surface area contributed by atoms with Crippen LogP contribution in [0.4, 0.5) is 0 Å². The highest BCUT2D eigenvalue weighted by Gasteiger charge is 2.10. The van der Waals surface area contributed by atoms with Gasteiger partial charge < -0.3 is 19.2 Å². The summed E-state index contributed by atoms with van der Waals surface area (Å²) in [4.78, 5) is 12.1. The Hall–Kier alpha value is -2.95. The van der Waals surface area contributed by atoms with Crippen molar-refractivity contribution in [3.8, 4) is 11.5 Å². The van der Waals surface area contributed by atoms with Gasteiger partial charge in [-0.25, -0.2) is 0 Å². The molecule has 26 heavy (non-hydrogen) atoms. The summed E-state index contributed by atoms with van der Waals surface area (Å²) in [7, 11) is 1.62. The summed E-state index contributed by atoms with van der Waals surface area (Å²) in [5.41, 5.74) is 2.95. The fourth-order valence-electron chi connectivity index (χ4n) is 2.75. The summed E-state index contributed by atoms with van der Waals surface area (Å²) in [5, 5.41) is 3.86. The molecular formula is C21H23NO4. The Morgan fingerprint density at radius 2 is 1.88 bits per heavy atom. The molecule has 0 saturated carbocycles. The number of benzene rings is 2. The van der Waals surface area contributed by atoms with E-state index < -0.39 is 0 Å². The SMILES string of the molecule is CCc1ccc2c(CC(=O)NCCOc3ccc(OC)cc3)coc2c1.